The third-order valence-corrected chi connectivity index (χ3v) is 2.27. The van der Waals surface area contributed by atoms with Gasteiger partial charge in [0.25, 0.3) is 0 Å². The maximum atomic E-state index is 11.4. The lowest BCUT2D eigenvalue weighted by atomic mass is 9.84. The second-order valence-electron chi connectivity index (χ2n) is 4.64. The Morgan fingerprint density at radius 1 is 1.43 bits per heavy atom. The third-order valence-electron chi connectivity index (χ3n) is 2.27. The van der Waals surface area contributed by atoms with Gasteiger partial charge in [0, 0.05) is 25.3 Å². The summed E-state index contributed by atoms with van der Waals surface area (Å²) >= 11 is 0. The van der Waals surface area contributed by atoms with Gasteiger partial charge in [0.1, 0.15) is 5.78 Å². The van der Waals surface area contributed by atoms with Gasteiger partial charge in [-0.05, 0) is 12.3 Å². The van der Waals surface area contributed by atoms with E-state index in [0.717, 1.165) is 0 Å². The van der Waals surface area contributed by atoms with Crippen molar-refractivity contribution in [2.24, 2.45) is 11.1 Å². The van der Waals surface area contributed by atoms with Gasteiger partial charge in [0.15, 0.2) is 0 Å². The lowest BCUT2D eigenvalue weighted by Crippen LogP contribution is -2.36. The molecule has 0 amide bonds. The van der Waals surface area contributed by atoms with Crippen LogP contribution in [0.3, 0.4) is 0 Å². The van der Waals surface area contributed by atoms with Crippen LogP contribution >= 0.6 is 0 Å². The van der Waals surface area contributed by atoms with E-state index in [1.54, 1.807) is 6.92 Å². The zero-order valence-corrected chi connectivity index (χ0v) is 9.68. The Labute approximate surface area is 87.3 Å². The molecule has 2 N–H and O–H groups in total. The molecule has 0 fully saturated rings. The number of carbonyl (C=O) groups is 1. The predicted octanol–water partition coefficient (Wildman–Crippen LogP) is 2.12. The molecule has 80 valence electrons. The molecule has 0 spiro atoms. The molecule has 0 bridgehead atoms. The van der Waals surface area contributed by atoms with Crippen LogP contribution in [0.4, 0.5) is 0 Å². The SMILES string of the molecule is CC#CCCC(=O)CC(N)C(C)(C)C. The number of nitrogens with two attached hydrogens (primary N) is 1. The maximum Gasteiger partial charge on any atom is 0.135 e. The molecule has 1 unspecified atom stereocenters. The van der Waals surface area contributed by atoms with E-state index in [1.165, 1.54) is 0 Å². The van der Waals surface area contributed by atoms with E-state index in [2.05, 4.69) is 32.6 Å². The van der Waals surface area contributed by atoms with Crippen LogP contribution in [-0.2, 0) is 4.79 Å². The second kappa shape index (κ2) is 5.82. The van der Waals surface area contributed by atoms with Crippen LogP contribution in [0.5, 0.6) is 0 Å². The molecule has 0 aliphatic heterocycles. The second-order valence-corrected chi connectivity index (χ2v) is 4.64. The fourth-order valence-corrected chi connectivity index (χ4v) is 0.980. The first kappa shape index (κ1) is 13.2. The van der Waals surface area contributed by atoms with Gasteiger partial charge in [0.05, 0.1) is 0 Å². The number of rotatable bonds is 4. The van der Waals surface area contributed by atoms with Gasteiger partial charge in [0.2, 0.25) is 0 Å². The molecule has 0 aromatic rings. The van der Waals surface area contributed by atoms with Crippen molar-refractivity contribution in [1.82, 2.24) is 0 Å². The molecule has 0 aromatic heterocycles. The van der Waals surface area contributed by atoms with E-state index in [0.29, 0.717) is 19.3 Å². The Balaban J connectivity index is 3.87. The zero-order valence-electron chi connectivity index (χ0n) is 9.68. The highest BCUT2D eigenvalue weighted by molar-refractivity contribution is 5.79. The summed E-state index contributed by atoms with van der Waals surface area (Å²) in [5.41, 5.74) is 5.91. The average molecular weight is 195 g/mol. The smallest absolute Gasteiger partial charge is 0.135 e. The summed E-state index contributed by atoms with van der Waals surface area (Å²) in [5.74, 6) is 5.87. The molecule has 2 heteroatoms. The Kier molecular flexibility index (Phi) is 5.49. The molecular weight excluding hydrogens is 174 g/mol. The minimum atomic E-state index is -0.0513. The summed E-state index contributed by atoms with van der Waals surface area (Å²) in [7, 11) is 0. The lowest BCUT2D eigenvalue weighted by Gasteiger charge is -2.26. The molecule has 14 heavy (non-hydrogen) atoms. The summed E-state index contributed by atoms with van der Waals surface area (Å²) in [6.45, 7) is 7.94. The Morgan fingerprint density at radius 3 is 2.43 bits per heavy atom. The fourth-order valence-electron chi connectivity index (χ4n) is 0.980. The van der Waals surface area contributed by atoms with Crippen molar-refractivity contribution in [3.8, 4) is 11.8 Å². The van der Waals surface area contributed by atoms with E-state index in [4.69, 9.17) is 5.73 Å². The third kappa shape index (κ3) is 5.77. The van der Waals surface area contributed by atoms with Crippen LogP contribution < -0.4 is 5.73 Å². The van der Waals surface area contributed by atoms with Crippen LogP contribution in [0, 0.1) is 17.3 Å². The van der Waals surface area contributed by atoms with Crippen LogP contribution in [0.25, 0.3) is 0 Å². The van der Waals surface area contributed by atoms with Gasteiger partial charge in [-0.1, -0.05) is 20.8 Å². The van der Waals surface area contributed by atoms with Gasteiger partial charge >= 0.3 is 0 Å². The number of ketones is 1. The molecule has 0 saturated heterocycles. The van der Waals surface area contributed by atoms with Gasteiger partial charge in [-0.15, -0.1) is 11.8 Å². The minimum absolute atomic E-state index is 0.00605. The maximum absolute atomic E-state index is 11.4. The standard InChI is InChI=1S/C12H21NO/c1-5-6-7-8-10(14)9-11(13)12(2,3)4/h11H,7-9,13H2,1-4H3. The zero-order chi connectivity index (χ0) is 11.2. The average Bonchev–Trinajstić information content (AvgIpc) is 2.03. The quantitative estimate of drug-likeness (QED) is 0.698. The van der Waals surface area contributed by atoms with Crippen molar-refractivity contribution < 1.29 is 4.79 Å². The highest BCUT2D eigenvalue weighted by Crippen LogP contribution is 2.20. The summed E-state index contributed by atoms with van der Waals surface area (Å²) in [4.78, 5) is 11.4. The van der Waals surface area contributed by atoms with Gasteiger partial charge in [-0.2, -0.15) is 0 Å². The number of carbonyl (C=O) groups excluding carboxylic acids is 1. The van der Waals surface area contributed by atoms with Gasteiger partial charge in [-0.25, -0.2) is 0 Å². The molecule has 0 aliphatic carbocycles. The lowest BCUT2D eigenvalue weighted by molar-refractivity contribution is -0.119. The van der Waals surface area contributed by atoms with Crippen LogP contribution in [-0.4, -0.2) is 11.8 Å². The molecular formula is C12H21NO. The number of hydrogen-bond donors (Lipinski definition) is 1. The van der Waals surface area contributed by atoms with Crippen molar-refractivity contribution >= 4 is 5.78 Å². The van der Waals surface area contributed by atoms with Crippen molar-refractivity contribution in [2.45, 2.75) is 53.0 Å². The molecule has 0 rings (SSSR count). The number of hydrogen-bond acceptors (Lipinski definition) is 2. The first-order chi connectivity index (χ1) is 6.38. The largest absolute Gasteiger partial charge is 0.327 e. The highest BCUT2D eigenvalue weighted by Gasteiger charge is 2.22. The summed E-state index contributed by atoms with van der Waals surface area (Å²) in [6.07, 6.45) is 1.66. The highest BCUT2D eigenvalue weighted by atomic mass is 16.1. The molecule has 0 saturated carbocycles. The van der Waals surface area contributed by atoms with Crippen LogP contribution in [0.15, 0.2) is 0 Å². The normalized spacial score (nSPS) is 12.9. The van der Waals surface area contributed by atoms with E-state index < -0.39 is 0 Å². The van der Waals surface area contributed by atoms with E-state index in [9.17, 15) is 4.79 Å². The summed E-state index contributed by atoms with van der Waals surface area (Å²) in [6, 6.07) is -0.0513. The Bertz CT molecular complexity index is 239. The first-order valence-electron chi connectivity index (χ1n) is 5.05. The topological polar surface area (TPSA) is 43.1 Å². The van der Waals surface area contributed by atoms with E-state index >= 15 is 0 Å². The van der Waals surface area contributed by atoms with Crippen molar-refractivity contribution in [3.05, 3.63) is 0 Å². The van der Waals surface area contributed by atoms with Crippen molar-refractivity contribution in [1.29, 1.82) is 0 Å². The van der Waals surface area contributed by atoms with Crippen LogP contribution in [0.2, 0.25) is 0 Å². The first-order valence-corrected chi connectivity index (χ1v) is 5.05. The molecule has 0 radical (unpaired) electrons. The molecule has 2 nitrogen and oxygen atoms in total. The molecule has 0 aromatic carbocycles. The minimum Gasteiger partial charge on any atom is -0.327 e. The fraction of sp³-hybridized carbons (Fsp3) is 0.750. The Morgan fingerprint density at radius 2 is 2.00 bits per heavy atom. The molecule has 0 heterocycles. The summed E-state index contributed by atoms with van der Waals surface area (Å²) < 4.78 is 0. The van der Waals surface area contributed by atoms with E-state index in [1.807, 2.05) is 0 Å². The monoisotopic (exact) mass is 195 g/mol. The summed E-state index contributed by atoms with van der Waals surface area (Å²) in [5, 5.41) is 0. The van der Waals surface area contributed by atoms with Crippen molar-refractivity contribution in [3.63, 3.8) is 0 Å². The van der Waals surface area contributed by atoms with Gasteiger partial charge < -0.3 is 5.73 Å². The molecule has 1 atom stereocenters. The predicted molar refractivity (Wildman–Crippen MR) is 59.7 cm³/mol. The molecule has 0 aliphatic rings. The van der Waals surface area contributed by atoms with Gasteiger partial charge in [-0.3, -0.25) is 4.79 Å². The van der Waals surface area contributed by atoms with Crippen molar-refractivity contribution in [2.75, 3.05) is 0 Å². The number of Topliss-reactive ketones (excluding diaryl/α,β-unsaturated/α-hetero) is 1. The Hall–Kier alpha value is -0.810. The van der Waals surface area contributed by atoms with E-state index in [-0.39, 0.29) is 17.2 Å². The van der Waals surface area contributed by atoms with Crippen LogP contribution in [0.1, 0.15) is 47.0 Å².